The number of rotatable bonds is 4. The Balaban J connectivity index is 1.07. The van der Waals surface area contributed by atoms with E-state index < -0.39 is 0 Å². The number of benzene rings is 9. The number of hydrogen-bond acceptors (Lipinski definition) is 1. The van der Waals surface area contributed by atoms with Crippen molar-refractivity contribution in [1.82, 2.24) is 4.57 Å². The maximum atomic E-state index is 2.49. The molecule has 0 N–H and O–H groups in total. The van der Waals surface area contributed by atoms with Gasteiger partial charge in [-0.05, 0) is 127 Å². The van der Waals surface area contributed by atoms with Crippen LogP contribution in [0.1, 0.15) is 47.2 Å². The van der Waals surface area contributed by atoms with Crippen LogP contribution in [0.3, 0.4) is 0 Å². The number of nitrogens with zero attached hydrogens (tertiary/aromatic N) is 2. The standard InChI is InChI=1S/C58H40N2/c1-57(2)49-23-11-6-20-43(49)46-34-38(28-31-50(46)57)59(40-30-33-56-48(36-40)45-22-10-15-27-55(45)60(56)37-16-4-3-5-17-37)39-29-32-54-47(35-39)44-21-9-14-26-53(44)58(54)51-24-12-7-18-41(51)42-19-8-13-25-52(42)58/h3-36H,1-2H3. The molecule has 10 aromatic rings. The predicted octanol–water partition coefficient (Wildman–Crippen LogP) is 14.9. The number of fused-ring (bicyclic) bond motifs is 16. The van der Waals surface area contributed by atoms with Gasteiger partial charge in [-0.3, -0.25) is 0 Å². The number of anilines is 3. The van der Waals surface area contributed by atoms with Crippen molar-refractivity contribution in [2.75, 3.05) is 4.90 Å². The molecule has 0 atom stereocenters. The quantitative estimate of drug-likeness (QED) is 0.173. The predicted molar refractivity (Wildman–Crippen MR) is 249 cm³/mol. The Hall–Kier alpha value is -7.42. The van der Waals surface area contributed by atoms with Gasteiger partial charge in [-0.15, -0.1) is 0 Å². The third kappa shape index (κ3) is 4.27. The molecule has 1 aromatic heterocycles. The first-order valence-electron chi connectivity index (χ1n) is 21.1. The van der Waals surface area contributed by atoms with Gasteiger partial charge in [0.15, 0.2) is 0 Å². The Morgan fingerprint density at radius 1 is 0.333 bits per heavy atom. The monoisotopic (exact) mass is 764 g/mol. The highest BCUT2D eigenvalue weighted by Crippen LogP contribution is 2.63. The Bertz CT molecular complexity index is 3370. The molecule has 0 amide bonds. The lowest BCUT2D eigenvalue weighted by molar-refractivity contribution is 0.660. The van der Waals surface area contributed by atoms with Crippen molar-refractivity contribution in [2.24, 2.45) is 0 Å². The van der Waals surface area contributed by atoms with E-state index in [1.54, 1.807) is 0 Å². The SMILES string of the molecule is CC1(C)c2ccccc2-c2cc(N(c3ccc4c(c3)-c3ccccc3C43c4ccccc4-c4ccccc43)c3ccc4c(c3)c3ccccc3n4-c3ccccc3)ccc21. The van der Waals surface area contributed by atoms with Crippen LogP contribution in [-0.2, 0) is 10.8 Å². The summed E-state index contributed by atoms with van der Waals surface area (Å²) < 4.78 is 2.40. The molecule has 282 valence electrons. The van der Waals surface area contributed by atoms with E-state index in [9.17, 15) is 0 Å². The molecule has 0 saturated carbocycles. The van der Waals surface area contributed by atoms with E-state index in [4.69, 9.17) is 0 Å². The van der Waals surface area contributed by atoms with E-state index in [0.717, 1.165) is 22.7 Å². The maximum Gasteiger partial charge on any atom is 0.0725 e. The van der Waals surface area contributed by atoms with Crippen molar-refractivity contribution in [1.29, 1.82) is 0 Å². The summed E-state index contributed by atoms with van der Waals surface area (Å²) in [6, 6.07) is 77.2. The molecule has 0 fully saturated rings. The summed E-state index contributed by atoms with van der Waals surface area (Å²) in [4.78, 5) is 2.49. The van der Waals surface area contributed by atoms with Gasteiger partial charge in [-0.1, -0.05) is 159 Å². The van der Waals surface area contributed by atoms with Crippen LogP contribution in [0.4, 0.5) is 17.1 Å². The van der Waals surface area contributed by atoms with E-state index in [1.165, 1.54) is 88.6 Å². The van der Waals surface area contributed by atoms with Crippen LogP contribution in [0.15, 0.2) is 206 Å². The largest absolute Gasteiger partial charge is 0.310 e. The molecular formula is C58H40N2. The van der Waals surface area contributed by atoms with E-state index >= 15 is 0 Å². The van der Waals surface area contributed by atoms with Gasteiger partial charge in [0.1, 0.15) is 0 Å². The fourth-order valence-corrected chi connectivity index (χ4v) is 11.5. The molecule has 1 heterocycles. The van der Waals surface area contributed by atoms with Crippen LogP contribution in [0, 0.1) is 0 Å². The summed E-state index contributed by atoms with van der Waals surface area (Å²) in [6.45, 7) is 4.72. The van der Waals surface area contributed by atoms with Crippen LogP contribution >= 0.6 is 0 Å². The fraction of sp³-hybridized carbons (Fsp3) is 0.0690. The van der Waals surface area contributed by atoms with Crippen molar-refractivity contribution in [3.8, 4) is 39.1 Å². The number of aromatic nitrogens is 1. The Labute approximate surface area is 350 Å². The van der Waals surface area contributed by atoms with Crippen LogP contribution in [0.25, 0.3) is 60.9 Å². The normalized spacial score (nSPS) is 14.4. The molecule has 60 heavy (non-hydrogen) atoms. The van der Waals surface area contributed by atoms with Gasteiger partial charge in [-0.2, -0.15) is 0 Å². The zero-order valence-corrected chi connectivity index (χ0v) is 33.5. The molecule has 3 aliphatic rings. The molecule has 0 unspecified atom stereocenters. The second kappa shape index (κ2) is 12.1. The van der Waals surface area contributed by atoms with Gasteiger partial charge in [0, 0.05) is 38.9 Å². The zero-order chi connectivity index (χ0) is 39.7. The van der Waals surface area contributed by atoms with E-state index in [2.05, 4.69) is 230 Å². The molecule has 2 nitrogen and oxygen atoms in total. The van der Waals surface area contributed by atoms with Gasteiger partial charge < -0.3 is 9.47 Å². The summed E-state index contributed by atoms with van der Waals surface area (Å²) in [5.74, 6) is 0. The van der Waals surface area contributed by atoms with E-state index in [1.807, 2.05) is 0 Å². The molecule has 0 saturated heterocycles. The summed E-state index contributed by atoms with van der Waals surface area (Å²) in [7, 11) is 0. The highest BCUT2D eigenvalue weighted by molar-refractivity contribution is 6.11. The van der Waals surface area contributed by atoms with Gasteiger partial charge in [0.2, 0.25) is 0 Å². The molecular weight excluding hydrogens is 725 g/mol. The average molecular weight is 765 g/mol. The summed E-state index contributed by atoms with van der Waals surface area (Å²) in [5, 5.41) is 2.47. The van der Waals surface area contributed by atoms with Crippen molar-refractivity contribution in [3.05, 3.63) is 240 Å². The highest BCUT2D eigenvalue weighted by atomic mass is 15.1. The van der Waals surface area contributed by atoms with E-state index in [0.29, 0.717) is 0 Å². The van der Waals surface area contributed by atoms with Crippen molar-refractivity contribution in [2.45, 2.75) is 24.7 Å². The molecule has 9 aromatic carbocycles. The first-order chi connectivity index (χ1) is 29.5. The number of hydrogen-bond donors (Lipinski definition) is 0. The zero-order valence-electron chi connectivity index (χ0n) is 33.5. The second-order valence-electron chi connectivity index (χ2n) is 17.2. The molecule has 3 aliphatic carbocycles. The third-order valence-electron chi connectivity index (χ3n) is 14.0. The van der Waals surface area contributed by atoms with Crippen LogP contribution in [0.2, 0.25) is 0 Å². The highest BCUT2D eigenvalue weighted by Gasteiger charge is 2.51. The Kier molecular flexibility index (Phi) is 6.74. The molecule has 2 heteroatoms. The third-order valence-corrected chi connectivity index (χ3v) is 14.0. The first-order valence-corrected chi connectivity index (χ1v) is 21.1. The second-order valence-corrected chi connectivity index (χ2v) is 17.2. The first kappa shape index (κ1) is 33.5. The number of para-hydroxylation sites is 2. The minimum Gasteiger partial charge on any atom is -0.310 e. The fourth-order valence-electron chi connectivity index (χ4n) is 11.5. The van der Waals surface area contributed by atoms with Gasteiger partial charge >= 0.3 is 0 Å². The van der Waals surface area contributed by atoms with Crippen molar-refractivity contribution >= 4 is 38.9 Å². The minimum atomic E-state index is -0.385. The molecule has 1 spiro atoms. The lowest BCUT2D eigenvalue weighted by atomic mass is 9.70. The van der Waals surface area contributed by atoms with E-state index in [-0.39, 0.29) is 10.8 Å². The Morgan fingerprint density at radius 2 is 0.750 bits per heavy atom. The summed E-state index contributed by atoms with van der Waals surface area (Å²) in [6.07, 6.45) is 0. The van der Waals surface area contributed by atoms with Crippen LogP contribution in [-0.4, -0.2) is 4.57 Å². The molecule has 0 radical (unpaired) electrons. The van der Waals surface area contributed by atoms with Crippen LogP contribution < -0.4 is 4.90 Å². The van der Waals surface area contributed by atoms with Gasteiger partial charge in [0.05, 0.1) is 16.4 Å². The topological polar surface area (TPSA) is 8.17 Å². The van der Waals surface area contributed by atoms with Crippen molar-refractivity contribution in [3.63, 3.8) is 0 Å². The Morgan fingerprint density at radius 3 is 1.40 bits per heavy atom. The summed E-state index contributed by atoms with van der Waals surface area (Å²) in [5.41, 5.74) is 22.6. The van der Waals surface area contributed by atoms with Gasteiger partial charge in [0.25, 0.3) is 0 Å². The summed E-state index contributed by atoms with van der Waals surface area (Å²) >= 11 is 0. The molecule has 13 rings (SSSR count). The smallest absolute Gasteiger partial charge is 0.0725 e. The van der Waals surface area contributed by atoms with Gasteiger partial charge in [-0.25, -0.2) is 0 Å². The minimum absolute atomic E-state index is 0.0765. The average Bonchev–Trinajstić information content (AvgIpc) is 3.97. The molecule has 0 bridgehead atoms. The lowest BCUT2D eigenvalue weighted by Gasteiger charge is -2.31. The van der Waals surface area contributed by atoms with Crippen LogP contribution in [0.5, 0.6) is 0 Å². The molecule has 0 aliphatic heterocycles. The maximum absolute atomic E-state index is 2.49. The lowest BCUT2D eigenvalue weighted by Crippen LogP contribution is -2.25. The van der Waals surface area contributed by atoms with Crippen molar-refractivity contribution < 1.29 is 0 Å².